The lowest BCUT2D eigenvalue weighted by atomic mass is 9.96. The molecule has 0 aromatic carbocycles. The van der Waals surface area contributed by atoms with Gasteiger partial charge in [0.05, 0.1) is 11.7 Å². The summed E-state index contributed by atoms with van der Waals surface area (Å²) >= 11 is 0. The van der Waals surface area contributed by atoms with Crippen molar-refractivity contribution in [3.63, 3.8) is 0 Å². The van der Waals surface area contributed by atoms with Crippen LogP contribution >= 0.6 is 0 Å². The molecule has 1 fully saturated rings. The van der Waals surface area contributed by atoms with Crippen LogP contribution < -0.4 is 0 Å². The first kappa shape index (κ1) is 12.0. The third-order valence-electron chi connectivity index (χ3n) is 1.91. The van der Waals surface area contributed by atoms with Gasteiger partial charge < -0.3 is 4.74 Å². The van der Waals surface area contributed by atoms with Crippen LogP contribution in [0, 0.1) is 0 Å². The summed E-state index contributed by atoms with van der Waals surface area (Å²) in [5, 5.41) is 0. The molecule has 0 N–H and O–H groups in total. The van der Waals surface area contributed by atoms with Crippen molar-refractivity contribution < 1.29 is 4.74 Å². The standard InChI is InChI=1S/C8H16O.C3H8/c1-7-5-4-6-8(2,3)9-7;1-3-2/h7H,4-6H2,1-3H3;3H2,1-2H3. The van der Waals surface area contributed by atoms with Crippen LogP contribution in [0.3, 0.4) is 0 Å². The van der Waals surface area contributed by atoms with Gasteiger partial charge in [0.25, 0.3) is 0 Å². The predicted molar refractivity (Wildman–Crippen MR) is 54.4 cm³/mol. The van der Waals surface area contributed by atoms with E-state index in [-0.39, 0.29) is 5.60 Å². The van der Waals surface area contributed by atoms with Crippen LogP contribution in [0.5, 0.6) is 0 Å². The van der Waals surface area contributed by atoms with Crippen molar-refractivity contribution in [2.75, 3.05) is 0 Å². The Hall–Kier alpha value is -0.0400. The van der Waals surface area contributed by atoms with E-state index in [9.17, 15) is 0 Å². The highest BCUT2D eigenvalue weighted by Gasteiger charge is 2.25. The monoisotopic (exact) mass is 172 g/mol. The van der Waals surface area contributed by atoms with Crippen LogP contribution in [0.4, 0.5) is 0 Å². The fourth-order valence-corrected chi connectivity index (χ4v) is 1.48. The van der Waals surface area contributed by atoms with Gasteiger partial charge in [-0.25, -0.2) is 0 Å². The number of ether oxygens (including phenoxy) is 1. The largest absolute Gasteiger partial charge is 0.373 e. The summed E-state index contributed by atoms with van der Waals surface area (Å²) in [7, 11) is 0. The Kier molecular flexibility index (Phi) is 5.56. The molecule has 0 spiro atoms. The molecule has 0 aliphatic carbocycles. The first-order valence-electron chi connectivity index (χ1n) is 5.19. The van der Waals surface area contributed by atoms with E-state index < -0.39 is 0 Å². The molecule has 1 unspecified atom stereocenters. The Labute approximate surface area is 77.5 Å². The van der Waals surface area contributed by atoms with Crippen molar-refractivity contribution in [2.45, 2.75) is 72.0 Å². The molecule has 0 saturated carbocycles. The van der Waals surface area contributed by atoms with Gasteiger partial charge in [-0.15, -0.1) is 0 Å². The van der Waals surface area contributed by atoms with Crippen molar-refractivity contribution >= 4 is 0 Å². The molecule has 0 bridgehead atoms. The van der Waals surface area contributed by atoms with Gasteiger partial charge in [0.2, 0.25) is 0 Å². The normalized spacial score (nSPS) is 27.2. The Bertz CT molecular complexity index is 108. The third-order valence-corrected chi connectivity index (χ3v) is 1.91. The minimum absolute atomic E-state index is 0.150. The topological polar surface area (TPSA) is 9.23 Å². The molecule has 0 aromatic rings. The van der Waals surface area contributed by atoms with Gasteiger partial charge in [-0.3, -0.25) is 0 Å². The summed E-state index contributed by atoms with van der Waals surface area (Å²) in [4.78, 5) is 0. The second-order valence-electron chi connectivity index (χ2n) is 4.29. The lowest BCUT2D eigenvalue weighted by molar-refractivity contribution is -0.0979. The van der Waals surface area contributed by atoms with E-state index in [0.717, 1.165) is 0 Å². The second kappa shape index (κ2) is 5.58. The maximum atomic E-state index is 5.67. The Balaban J connectivity index is 0.000000354. The zero-order valence-electron chi connectivity index (χ0n) is 9.31. The van der Waals surface area contributed by atoms with Crippen molar-refractivity contribution in [3.8, 4) is 0 Å². The fraction of sp³-hybridized carbons (Fsp3) is 1.00. The van der Waals surface area contributed by atoms with E-state index in [1.54, 1.807) is 0 Å². The summed E-state index contributed by atoms with van der Waals surface area (Å²) in [6.07, 6.45) is 5.52. The average Bonchev–Trinajstić information content (AvgIpc) is 1.85. The molecule has 1 nitrogen and oxygen atoms in total. The molecule has 1 atom stereocenters. The van der Waals surface area contributed by atoms with Crippen LogP contribution in [0.25, 0.3) is 0 Å². The lowest BCUT2D eigenvalue weighted by Crippen LogP contribution is -2.33. The highest BCUT2D eigenvalue weighted by Crippen LogP contribution is 2.27. The predicted octanol–water partition coefficient (Wildman–Crippen LogP) is 3.77. The summed E-state index contributed by atoms with van der Waals surface area (Å²) in [6.45, 7) is 10.7. The summed E-state index contributed by atoms with van der Waals surface area (Å²) in [5.74, 6) is 0. The first-order valence-corrected chi connectivity index (χ1v) is 5.19. The lowest BCUT2D eigenvalue weighted by Gasteiger charge is -2.34. The van der Waals surface area contributed by atoms with Crippen molar-refractivity contribution in [1.82, 2.24) is 0 Å². The fourth-order valence-electron chi connectivity index (χ4n) is 1.48. The number of hydrogen-bond donors (Lipinski definition) is 0. The van der Waals surface area contributed by atoms with Gasteiger partial charge in [0, 0.05) is 0 Å². The van der Waals surface area contributed by atoms with Crippen LogP contribution in [0.2, 0.25) is 0 Å². The number of rotatable bonds is 0. The highest BCUT2D eigenvalue weighted by atomic mass is 16.5. The number of hydrogen-bond acceptors (Lipinski definition) is 1. The van der Waals surface area contributed by atoms with Crippen LogP contribution in [-0.4, -0.2) is 11.7 Å². The molecule has 0 aromatic heterocycles. The smallest absolute Gasteiger partial charge is 0.0630 e. The van der Waals surface area contributed by atoms with E-state index >= 15 is 0 Å². The summed E-state index contributed by atoms with van der Waals surface area (Å²) < 4.78 is 5.67. The van der Waals surface area contributed by atoms with E-state index in [1.165, 1.54) is 25.7 Å². The van der Waals surface area contributed by atoms with Gasteiger partial charge >= 0.3 is 0 Å². The molecule has 1 heterocycles. The Morgan fingerprint density at radius 2 is 1.83 bits per heavy atom. The molecule has 0 radical (unpaired) electrons. The van der Waals surface area contributed by atoms with Gasteiger partial charge in [-0.1, -0.05) is 20.3 Å². The molecule has 1 rings (SSSR count). The van der Waals surface area contributed by atoms with Crippen molar-refractivity contribution in [3.05, 3.63) is 0 Å². The summed E-state index contributed by atoms with van der Waals surface area (Å²) in [5.41, 5.74) is 0.150. The molecule has 1 aliphatic heterocycles. The molecule has 0 amide bonds. The maximum Gasteiger partial charge on any atom is 0.0630 e. The van der Waals surface area contributed by atoms with Crippen LogP contribution in [0.1, 0.15) is 60.3 Å². The Morgan fingerprint density at radius 1 is 1.33 bits per heavy atom. The zero-order valence-corrected chi connectivity index (χ0v) is 9.31. The average molecular weight is 172 g/mol. The zero-order chi connectivity index (χ0) is 9.61. The van der Waals surface area contributed by atoms with E-state index in [1.807, 2.05) is 0 Å². The maximum absolute atomic E-state index is 5.67. The van der Waals surface area contributed by atoms with E-state index in [0.29, 0.717) is 6.10 Å². The van der Waals surface area contributed by atoms with E-state index in [4.69, 9.17) is 4.74 Å². The molecule has 1 heteroatoms. The summed E-state index contributed by atoms with van der Waals surface area (Å²) in [6, 6.07) is 0. The molecule has 1 aliphatic rings. The van der Waals surface area contributed by atoms with Crippen LogP contribution in [-0.2, 0) is 4.74 Å². The molecule has 12 heavy (non-hydrogen) atoms. The minimum atomic E-state index is 0.150. The Morgan fingerprint density at radius 3 is 2.08 bits per heavy atom. The quantitative estimate of drug-likeness (QED) is 0.540. The molecular weight excluding hydrogens is 148 g/mol. The molecule has 1 saturated heterocycles. The van der Waals surface area contributed by atoms with Gasteiger partial charge in [0.15, 0.2) is 0 Å². The van der Waals surface area contributed by atoms with Crippen molar-refractivity contribution in [1.29, 1.82) is 0 Å². The second-order valence-corrected chi connectivity index (χ2v) is 4.29. The van der Waals surface area contributed by atoms with Gasteiger partial charge in [-0.05, 0) is 40.0 Å². The highest BCUT2D eigenvalue weighted by molar-refractivity contribution is 4.75. The molecular formula is C11H24O. The van der Waals surface area contributed by atoms with Gasteiger partial charge in [0.1, 0.15) is 0 Å². The molecule has 74 valence electrons. The van der Waals surface area contributed by atoms with Crippen LogP contribution in [0.15, 0.2) is 0 Å². The third kappa shape index (κ3) is 5.59. The SMILES string of the molecule is CC1CCCC(C)(C)O1.CCC. The minimum Gasteiger partial charge on any atom is -0.373 e. The van der Waals surface area contributed by atoms with Crippen molar-refractivity contribution in [2.24, 2.45) is 0 Å². The van der Waals surface area contributed by atoms with Gasteiger partial charge in [-0.2, -0.15) is 0 Å². The van der Waals surface area contributed by atoms with E-state index in [2.05, 4.69) is 34.6 Å². The first-order chi connectivity index (χ1) is 5.52.